The van der Waals surface area contributed by atoms with Gasteiger partial charge in [-0.15, -0.1) is 0 Å². The van der Waals surface area contributed by atoms with Crippen LogP contribution >= 0.6 is 0 Å². The average Bonchev–Trinajstić information content (AvgIpc) is 2.57. The zero-order chi connectivity index (χ0) is 14.5. The molecule has 0 heterocycles. The van der Waals surface area contributed by atoms with E-state index < -0.39 is 0 Å². The van der Waals surface area contributed by atoms with Crippen LogP contribution in [0.2, 0.25) is 0 Å². The molecule has 1 aliphatic rings. The molecule has 1 atom stereocenters. The zero-order valence-corrected chi connectivity index (χ0v) is 12.6. The van der Waals surface area contributed by atoms with Crippen molar-refractivity contribution in [3.63, 3.8) is 0 Å². The van der Waals surface area contributed by atoms with E-state index in [1.54, 1.807) is 0 Å². The van der Waals surface area contributed by atoms with Crippen molar-refractivity contribution < 1.29 is 0 Å². The van der Waals surface area contributed by atoms with E-state index in [9.17, 15) is 0 Å². The van der Waals surface area contributed by atoms with Crippen molar-refractivity contribution in [1.29, 1.82) is 0 Å². The van der Waals surface area contributed by atoms with E-state index in [1.807, 2.05) is 0 Å². The molecular weight excluding hydrogens is 252 g/mol. The van der Waals surface area contributed by atoms with Gasteiger partial charge in [0.25, 0.3) is 0 Å². The molecule has 0 bridgehead atoms. The standard InChI is InChI=1S/C21H22/c1-21(19-13-7-3-8-14-19,20-15-9-4-10-16-20)17-18-11-5-2-6-12-18/h2-3,5-9,11-16H,4,10,17H2,1H3. The van der Waals surface area contributed by atoms with Crippen LogP contribution in [-0.2, 0) is 11.8 Å². The van der Waals surface area contributed by atoms with Gasteiger partial charge in [0.05, 0.1) is 0 Å². The Morgan fingerprint density at radius 1 is 0.857 bits per heavy atom. The number of hydrogen-bond donors (Lipinski definition) is 0. The van der Waals surface area contributed by atoms with Crippen LogP contribution in [-0.4, -0.2) is 0 Å². The first-order chi connectivity index (χ1) is 10.3. The first kappa shape index (κ1) is 13.9. The largest absolute Gasteiger partial charge is 0.0839 e. The van der Waals surface area contributed by atoms with Crippen LogP contribution in [0, 0.1) is 0 Å². The predicted octanol–water partition coefficient (Wildman–Crippen LogP) is 5.46. The highest BCUT2D eigenvalue weighted by molar-refractivity contribution is 5.44. The third-order valence-corrected chi connectivity index (χ3v) is 4.44. The van der Waals surface area contributed by atoms with Crippen molar-refractivity contribution in [2.75, 3.05) is 0 Å². The summed E-state index contributed by atoms with van der Waals surface area (Å²) in [5, 5.41) is 0. The van der Waals surface area contributed by atoms with Gasteiger partial charge in [0.1, 0.15) is 0 Å². The second-order valence-electron chi connectivity index (χ2n) is 6.00. The molecule has 1 unspecified atom stereocenters. The minimum Gasteiger partial charge on any atom is -0.0839 e. The first-order valence-electron chi connectivity index (χ1n) is 7.76. The number of rotatable bonds is 4. The molecule has 106 valence electrons. The third kappa shape index (κ3) is 3.00. The third-order valence-electron chi connectivity index (χ3n) is 4.44. The molecule has 0 heteroatoms. The second-order valence-corrected chi connectivity index (χ2v) is 6.00. The van der Waals surface area contributed by atoms with Gasteiger partial charge in [-0.2, -0.15) is 0 Å². The molecule has 0 saturated carbocycles. The van der Waals surface area contributed by atoms with Crippen LogP contribution in [0.25, 0.3) is 0 Å². The second kappa shape index (κ2) is 6.13. The molecule has 0 fully saturated rings. The van der Waals surface area contributed by atoms with Gasteiger partial charge >= 0.3 is 0 Å². The normalized spacial score (nSPS) is 17.1. The Labute approximate surface area is 127 Å². The quantitative estimate of drug-likeness (QED) is 0.694. The SMILES string of the molecule is CC(Cc1ccccc1)(C1=CCCC=C1)c1ccccc1. The molecule has 21 heavy (non-hydrogen) atoms. The van der Waals surface area contributed by atoms with Gasteiger partial charge in [-0.25, -0.2) is 0 Å². The summed E-state index contributed by atoms with van der Waals surface area (Å²) >= 11 is 0. The van der Waals surface area contributed by atoms with Crippen LogP contribution in [0.4, 0.5) is 0 Å². The summed E-state index contributed by atoms with van der Waals surface area (Å²) in [7, 11) is 0. The lowest BCUT2D eigenvalue weighted by atomic mass is 9.70. The molecule has 0 aliphatic heterocycles. The number of allylic oxidation sites excluding steroid dienone is 4. The van der Waals surface area contributed by atoms with E-state index in [4.69, 9.17) is 0 Å². The van der Waals surface area contributed by atoms with E-state index in [1.165, 1.54) is 23.1 Å². The Morgan fingerprint density at radius 2 is 1.52 bits per heavy atom. The average molecular weight is 274 g/mol. The Morgan fingerprint density at radius 3 is 2.14 bits per heavy atom. The maximum atomic E-state index is 2.41. The smallest absolute Gasteiger partial charge is 0.0211 e. The molecule has 0 amide bonds. The monoisotopic (exact) mass is 274 g/mol. The Balaban J connectivity index is 2.02. The molecule has 3 rings (SSSR count). The topological polar surface area (TPSA) is 0 Å². The van der Waals surface area contributed by atoms with Crippen LogP contribution in [0.5, 0.6) is 0 Å². The summed E-state index contributed by atoms with van der Waals surface area (Å²) in [5.74, 6) is 0. The van der Waals surface area contributed by atoms with E-state index in [-0.39, 0.29) is 5.41 Å². The summed E-state index contributed by atoms with van der Waals surface area (Å²) in [6.45, 7) is 2.37. The molecule has 0 aromatic heterocycles. The number of benzene rings is 2. The lowest BCUT2D eigenvalue weighted by Crippen LogP contribution is -2.27. The molecule has 2 aromatic rings. The fourth-order valence-electron chi connectivity index (χ4n) is 3.20. The maximum absolute atomic E-state index is 2.41. The van der Waals surface area contributed by atoms with Gasteiger partial charge in [0, 0.05) is 5.41 Å². The van der Waals surface area contributed by atoms with Crippen molar-refractivity contribution in [2.24, 2.45) is 0 Å². The molecule has 0 saturated heterocycles. The van der Waals surface area contributed by atoms with Crippen LogP contribution in [0.1, 0.15) is 30.9 Å². The first-order valence-corrected chi connectivity index (χ1v) is 7.76. The Bertz CT molecular complexity index is 634. The fraction of sp³-hybridized carbons (Fsp3) is 0.238. The van der Waals surface area contributed by atoms with Gasteiger partial charge in [-0.05, 0) is 36.0 Å². The zero-order valence-electron chi connectivity index (χ0n) is 12.6. The molecule has 0 nitrogen and oxygen atoms in total. The van der Waals surface area contributed by atoms with Crippen molar-refractivity contribution in [2.45, 2.75) is 31.6 Å². The number of hydrogen-bond acceptors (Lipinski definition) is 0. The highest BCUT2D eigenvalue weighted by Crippen LogP contribution is 2.37. The highest BCUT2D eigenvalue weighted by atomic mass is 14.3. The van der Waals surface area contributed by atoms with Crippen molar-refractivity contribution >= 4 is 0 Å². The van der Waals surface area contributed by atoms with E-state index in [2.05, 4.69) is 85.8 Å². The molecule has 2 aromatic carbocycles. The Hall–Kier alpha value is -2.08. The molecule has 0 spiro atoms. The highest BCUT2D eigenvalue weighted by Gasteiger charge is 2.30. The molecular formula is C21H22. The van der Waals surface area contributed by atoms with Crippen molar-refractivity contribution in [3.8, 4) is 0 Å². The lowest BCUT2D eigenvalue weighted by Gasteiger charge is -2.33. The van der Waals surface area contributed by atoms with E-state index in [0.717, 1.165) is 12.8 Å². The van der Waals surface area contributed by atoms with Crippen molar-refractivity contribution in [1.82, 2.24) is 0 Å². The van der Waals surface area contributed by atoms with Gasteiger partial charge in [-0.1, -0.05) is 85.8 Å². The summed E-state index contributed by atoms with van der Waals surface area (Å²) < 4.78 is 0. The predicted molar refractivity (Wildman–Crippen MR) is 90.4 cm³/mol. The van der Waals surface area contributed by atoms with Gasteiger partial charge in [-0.3, -0.25) is 0 Å². The fourth-order valence-corrected chi connectivity index (χ4v) is 3.20. The Kier molecular flexibility index (Phi) is 4.06. The van der Waals surface area contributed by atoms with Gasteiger partial charge < -0.3 is 0 Å². The van der Waals surface area contributed by atoms with Crippen LogP contribution < -0.4 is 0 Å². The van der Waals surface area contributed by atoms with E-state index >= 15 is 0 Å². The summed E-state index contributed by atoms with van der Waals surface area (Å²) in [4.78, 5) is 0. The lowest BCUT2D eigenvalue weighted by molar-refractivity contribution is 0.560. The minimum atomic E-state index is 0.0412. The molecule has 0 radical (unpaired) electrons. The summed E-state index contributed by atoms with van der Waals surface area (Å²) in [6.07, 6.45) is 10.4. The summed E-state index contributed by atoms with van der Waals surface area (Å²) in [6, 6.07) is 21.7. The van der Waals surface area contributed by atoms with Gasteiger partial charge in [0.2, 0.25) is 0 Å². The van der Waals surface area contributed by atoms with Gasteiger partial charge in [0.15, 0.2) is 0 Å². The van der Waals surface area contributed by atoms with Crippen molar-refractivity contribution in [3.05, 3.63) is 95.6 Å². The molecule has 1 aliphatic carbocycles. The maximum Gasteiger partial charge on any atom is 0.0211 e. The summed E-state index contributed by atoms with van der Waals surface area (Å²) in [5.41, 5.74) is 4.28. The van der Waals surface area contributed by atoms with E-state index in [0.29, 0.717) is 0 Å². The van der Waals surface area contributed by atoms with Crippen LogP contribution in [0.15, 0.2) is 84.5 Å². The minimum absolute atomic E-state index is 0.0412. The molecule has 0 N–H and O–H groups in total. The van der Waals surface area contributed by atoms with Crippen LogP contribution in [0.3, 0.4) is 0 Å².